The van der Waals surface area contributed by atoms with Crippen LogP contribution in [-0.2, 0) is 36.8 Å². The number of rotatable bonds is 21. The van der Waals surface area contributed by atoms with Crippen molar-refractivity contribution in [3.8, 4) is 0 Å². The predicted octanol–water partition coefficient (Wildman–Crippen LogP) is 1.34. The maximum atomic E-state index is 13.9. The molecule has 0 saturated carbocycles. The fraction of sp³-hybridized carbons (Fsp3) is 0.553. The van der Waals surface area contributed by atoms with E-state index in [0.717, 1.165) is 17.5 Å². The maximum Gasteiger partial charge on any atom is 0.306 e. The average Bonchev–Trinajstić information content (AvgIpc) is 3.12. The fourth-order valence-corrected chi connectivity index (χ4v) is 6.20. The fourth-order valence-electron chi connectivity index (χ4n) is 6.20. The van der Waals surface area contributed by atoms with Crippen molar-refractivity contribution in [1.82, 2.24) is 26.2 Å². The van der Waals surface area contributed by atoms with Crippen LogP contribution in [0.2, 0.25) is 0 Å². The number of aliphatic carboxylic acids is 1. The summed E-state index contributed by atoms with van der Waals surface area (Å²) in [4.78, 5) is 68.0. The summed E-state index contributed by atoms with van der Waals surface area (Å²) in [6.07, 6.45) is 3.25. The van der Waals surface area contributed by atoms with Crippen LogP contribution in [0.3, 0.4) is 0 Å². The average molecular weight is 708 g/mol. The summed E-state index contributed by atoms with van der Waals surface area (Å²) in [5.74, 6) is -3.15. The van der Waals surface area contributed by atoms with Crippen LogP contribution in [-0.4, -0.2) is 96.5 Å². The number of nitrogens with zero attached hydrogens (tertiary/aromatic N) is 1. The third-order valence-electron chi connectivity index (χ3n) is 9.08. The van der Waals surface area contributed by atoms with E-state index in [-0.39, 0.29) is 24.7 Å². The van der Waals surface area contributed by atoms with Gasteiger partial charge in [0.05, 0.1) is 12.0 Å². The Bertz CT molecular complexity index is 1390. The van der Waals surface area contributed by atoms with Crippen molar-refractivity contribution in [1.29, 1.82) is 0 Å². The van der Waals surface area contributed by atoms with Crippen LogP contribution in [0.4, 0.5) is 0 Å². The van der Waals surface area contributed by atoms with E-state index < -0.39 is 53.8 Å². The van der Waals surface area contributed by atoms with Gasteiger partial charge in [-0.15, -0.1) is 0 Å². The Labute approximate surface area is 301 Å². The lowest BCUT2D eigenvalue weighted by molar-refractivity contribution is -0.146. The zero-order valence-corrected chi connectivity index (χ0v) is 30.0. The molecule has 4 unspecified atom stereocenters. The quantitative estimate of drug-likeness (QED) is 0.0933. The number of carbonyl (C=O) groups excluding carboxylic acids is 4. The molecule has 0 aliphatic carbocycles. The van der Waals surface area contributed by atoms with Crippen molar-refractivity contribution >= 4 is 29.6 Å². The number of carbonyl (C=O) groups is 5. The number of carboxylic acid groups (broad SMARTS) is 1. The second kappa shape index (κ2) is 21.8. The number of hydrogen-bond donors (Lipinski definition) is 7. The van der Waals surface area contributed by atoms with Crippen LogP contribution in [0.1, 0.15) is 63.5 Å². The number of benzene rings is 2. The van der Waals surface area contributed by atoms with Gasteiger partial charge in [-0.2, -0.15) is 0 Å². The van der Waals surface area contributed by atoms with Gasteiger partial charge in [0.1, 0.15) is 18.1 Å². The second-order valence-corrected chi connectivity index (χ2v) is 13.8. The number of nitrogens with one attached hydrogen (secondary N) is 4. The minimum absolute atomic E-state index is 0.0142. The zero-order valence-electron chi connectivity index (χ0n) is 30.0. The topological polar surface area (TPSA) is 209 Å². The van der Waals surface area contributed by atoms with E-state index in [2.05, 4.69) is 21.3 Å². The van der Waals surface area contributed by atoms with E-state index in [1.165, 1.54) is 0 Å². The van der Waals surface area contributed by atoms with Crippen LogP contribution in [0.5, 0.6) is 0 Å². The van der Waals surface area contributed by atoms with Gasteiger partial charge in [-0.25, -0.2) is 0 Å². The Kier molecular flexibility index (Phi) is 17.6. The molecule has 280 valence electrons. The molecule has 1 heterocycles. The molecule has 51 heavy (non-hydrogen) atoms. The number of amides is 4. The third kappa shape index (κ3) is 14.4. The van der Waals surface area contributed by atoms with E-state index in [9.17, 15) is 29.1 Å². The first-order valence-corrected chi connectivity index (χ1v) is 18.1. The second-order valence-electron chi connectivity index (χ2n) is 13.8. The molecule has 0 spiro atoms. The van der Waals surface area contributed by atoms with Crippen molar-refractivity contribution in [2.24, 2.45) is 23.3 Å². The highest BCUT2D eigenvalue weighted by atomic mass is 16.4. The summed E-state index contributed by atoms with van der Waals surface area (Å²) in [5.41, 5.74) is 13.5. The molecule has 13 heteroatoms. The molecule has 1 aliphatic heterocycles. The molecule has 0 aromatic heterocycles. The van der Waals surface area contributed by atoms with E-state index in [1.54, 1.807) is 4.90 Å². The van der Waals surface area contributed by atoms with E-state index in [1.807, 2.05) is 74.5 Å². The normalized spacial score (nSPS) is 15.7. The third-order valence-corrected chi connectivity index (χ3v) is 9.08. The summed E-state index contributed by atoms with van der Waals surface area (Å²) in [6.45, 7) is 6.36. The lowest BCUT2D eigenvalue weighted by atomic mass is 9.96. The number of nitrogens with two attached hydrogens (primary N) is 2. The standard InChI is InChI=1S/C38H57N7O6/c1-26(2)23-32(35(47)42-31(15-9-10-19-41-20-18-39)37(49)45-21-16-29(17-22-45)38(50)51)44-36(48)33(25-28-13-7-4-8-14-28)43-34(46)30(40)24-27-11-5-3-6-12-27/h3-8,11-14,26,29-33,41H,9-10,15-25,39-40H2,1-2H3,(H,42,47)(H,43,46)(H,44,48)(H,50,51). The Morgan fingerprint density at radius 2 is 1.31 bits per heavy atom. The Balaban J connectivity index is 1.76. The van der Waals surface area contributed by atoms with Crippen LogP contribution in [0.15, 0.2) is 60.7 Å². The summed E-state index contributed by atoms with van der Waals surface area (Å²) in [7, 11) is 0. The highest BCUT2D eigenvalue weighted by molar-refractivity contribution is 5.95. The summed E-state index contributed by atoms with van der Waals surface area (Å²) < 4.78 is 0. The number of likely N-dealkylation sites (tertiary alicyclic amines) is 1. The summed E-state index contributed by atoms with van der Waals surface area (Å²) in [5, 5.41) is 21.3. The minimum Gasteiger partial charge on any atom is -0.481 e. The number of carboxylic acids is 1. The number of piperidine rings is 1. The molecule has 4 atom stereocenters. The minimum atomic E-state index is -1.02. The highest BCUT2D eigenvalue weighted by Gasteiger charge is 2.34. The van der Waals surface area contributed by atoms with Crippen molar-refractivity contribution in [3.63, 3.8) is 0 Å². The van der Waals surface area contributed by atoms with Gasteiger partial charge < -0.3 is 42.7 Å². The van der Waals surface area contributed by atoms with Crippen LogP contribution in [0, 0.1) is 11.8 Å². The van der Waals surface area contributed by atoms with Crippen LogP contribution >= 0.6 is 0 Å². The lowest BCUT2D eigenvalue weighted by Crippen LogP contribution is -2.59. The van der Waals surface area contributed by atoms with Crippen LogP contribution < -0.4 is 32.7 Å². The molecule has 0 bridgehead atoms. The SMILES string of the molecule is CC(C)CC(NC(=O)C(Cc1ccccc1)NC(=O)C(N)Cc1ccccc1)C(=O)NC(CCCCNCCN)C(=O)N1CCC(C(=O)O)CC1. The van der Waals surface area contributed by atoms with Gasteiger partial charge in [0, 0.05) is 32.6 Å². The molecule has 13 nitrogen and oxygen atoms in total. The van der Waals surface area contributed by atoms with Gasteiger partial charge in [-0.3, -0.25) is 24.0 Å². The van der Waals surface area contributed by atoms with Crippen molar-refractivity contribution in [2.75, 3.05) is 32.7 Å². The molecular weight excluding hydrogens is 650 g/mol. The molecule has 0 radical (unpaired) electrons. The lowest BCUT2D eigenvalue weighted by Gasteiger charge is -2.34. The molecule has 2 aromatic rings. The van der Waals surface area contributed by atoms with Gasteiger partial charge in [0.2, 0.25) is 23.6 Å². The molecule has 1 saturated heterocycles. The Morgan fingerprint density at radius 1 is 0.765 bits per heavy atom. The first kappa shape index (κ1) is 41.1. The van der Waals surface area contributed by atoms with Gasteiger partial charge in [-0.05, 0) is 68.5 Å². The Morgan fingerprint density at radius 3 is 1.88 bits per heavy atom. The molecule has 9 N–H and O–H groups in total. The van der Waals surface area contributed by atoms with Crippen molar-refractivity contribution in [3.05, 3.63) is 71.8 Å². The van der Waals surface area contributed by atoms with E-state index >= 15 is 0 Å². The largest absolute Gasteiger partial charge is 0.481 e. The summed E-state index contributed by atoms with van der Waals surface area (Å²) in [6, 6.07) is 14.9. The molecule has 1 aliphatic rings. The monoisotopic (exact) mass is 707 g/mol. The molecule has 4 amide bonds. The van der Waals surface area contributed by atoms with Crippen molar-refractivity contribution in [2.45, 2.75) is 89.4 Å². The maximum absolute atomic E-state index is 13.9. The molecular formula is C38H57N7O6. The van der Waals surface area contributed by atoms with Gasteiger partial charge in [0.25, 0.3) is 0 Å². The molecule has 3 rings (SSSR count). The van der Waals surface area contributed by atoms with Gasteiger partial charge in [0.15, 0.2) is 0 Å². The molecule has 1 fully saturated rings. The molecule has 2 aromatic carbocycles. The first-order valence-electron chi connectivity index (χ1n) is 18.1. The Hall–Kier alpha value is -4.33. The van der Waals surface area contributed by atoms with E-state index in [0.29, 0.717) is 64.8 Å². The van der Waals surface area contributed by atoms with Gasteiger partial charge in [-0.1, -0.05) is 74.5 Å². The van der Waals surface area contributed by atoms with Gasteiger partial charge >= 0.3 is 5.97 Å². The number of hydrogen-bond acceptors (Lipinski definition) is 8. The number of unbranched alkanes of at least 4 members (excludes halogenated alkanes) is 1. The zero-order chi connectivity index (χ0) is 37.2. The van der Waals surface area contributed by atoms with Crippen molar-refractivity contribution < 1.29 is 29.1 Å². The van der Waals surface area contributed by atoms with E-state index in [4.69, 9.17) is 11.5 Å². The summed E-state index contributed by atoms with van der Waals surface area (Å²) >= 11 is 0. The smallest absolute Gasteiger partial charge is 0.306 e. The predicted molar refractivity (Wildman–Crippen MR) is 196 cm³/mol. The first-order chi connectivity index (χ1) is 24.5. The highest BCUT2D eigenvalue weighted by Crippen LogP contribution is 2.19. The van der Waals surface area contributed by atoms with Crippen LogP contribution in [0.25, 0.3) is 0 Å².